The van der Waals surface area contributed by atoms with Gasteiger partial charge in [-0.1, -0.05) is 0 Å². The number of nitrogens with zero attached hydrogens (tertiary/aromatic N) is 1. The number of hydrogen-bond acceptors (Lipinski definition) is 4. The zero-order valence-electron chi connectivity index (χ0n) is 11.1. The topological polar surface area (TPSA) is 120 Å². The molecular formula is C11H19ClN4O3S. The van der Waals surface area contributed by atoms with E-state index >= 15 is 0 Å². The van der Waals surface area contributed by atoms with E-state index in [4.69, 9.17) is 11.5 Å². The van der Waals surface area contributed by atoms with E-state index in [0.717, 1.165) is 19.3 Å². The fourth-order valence-corrected chi connectivity index (χ4v) is 3.26. The average molecular weight is 323 g/mol. The minimum Gasteiger partial charge on any atom is -0.364 e. The molecule has 0 spiro atoms. The number of primary amides is 1. The van der Waals surface area contributed by atoms with Crippen LogP contribution in [0.1, 0.15) is 29.8 Å². The number of aryl methyl sites for hydroxylation is 1. The Hall–Kier alpha value is -1.09. The minimum absolute atomic E-state index is 0. The number of rotatable bonds is 5. The van der Waals surface area contributed by atoms with Crippen LogP contribution < -0.4 is 16.2 Å². The van der Waals surface area contributed by atoms with Crippen molar-refractivity contribution in [1.29, 1.82) is 0 Å². The average Bonchev–Trinajstić information content (AvgIpc) is 2.67. The first-order valence-electron chi connectivity index (χ1n) is 5.98. The van der Waals surface area contributed by atoms with E-state index in [0.29, 0.717) is 0 Å². The van der Waals surface area contributed by atoms with E-state index in [1.165, 1.54) is 16.8 Å². The number of nitrogens with two attached hydrogens (primary N) is 2. The van der Waals surface area contributed by atoms with Crippen LogP contribution in [0, 0.1) is 0 Å². The van der Waals surface area contributed by atoms with Crippen LogP contribution in [0.2, 0.25) is 0 Å². The first kappa shape index (κ1) is 17.0. The maximum atomic E-state index is 12.1. The predicted molar refractivity (Wildman–Crippen MR) is 77.1 cm³/mol. The second-order valence-electron chi connectivity index (χ2n) is 5.08. The van der Waals surface area contributed by atoms with Gasteiger partial charge in [0.15, 0.2) is 0 Å². The van der Waals surface area contributed by atoms with Crippen molar-refractivity contribution in [2.45, 2.75) is 29.7 Å². The summed E-state index contributed by atoms with van der Waals surface area (Å²) in [6, 6.07) is 1.26. The van der Waals surface area contributed by atoms with Gasteiger partial charge in [-0.25, -0.2) is 13.1 Å². The fraction of sp³-hybridized carbons (Fsp3) is 0.545. The van der Waals surface area contributed by atoms with Crippen molar-refractivity contribution in [2.24, 2.45) is 18.5 Å². The van der Waals surface area contributed by atoms with Crippen molar-refractivity contribution in [3.8, 4) is 0 Å². The smallest absolute Gasteiger partial charge is 0.265 e. The zero-order chi connectivity index (χ0) is 14.3. The lowest BCUT2D eigenvalue weighted by Gasteiger charge is -2.37. The molecule has 0 radical (unpaired) electrons. The highest BCUT2D eigenvalue weighted by molar-refractivity contribution is 7.89. The molecule has 0 aliphatic heterocycles. The third-order valence-electron chi connectivity index (χ3n) is 3.51. The fourth-order valence-electron chi connectivity index (χ4n) is 2.06. The molecule has 0 unspecified atom stereocenters. The van der Waals surface area contributed by atoms with Gasteiger partial charge in [0, 0.05) is 25.3 Å². The molecule has 1 aliphatic rings. The van der Waals surface area contributed by atoms with E-state index < -0.39 is 21.5 Å². The lowest BCUT2D eigenvalue weighted by molar-refractivity contribution is 0.0992. The summed E-state index contributed by atoms with van der Waals surface area (Å²) in [6.45, 7) is 0.204. The summed E-state index contributed by atoms with van der Waals surface area (Å²) in [7, 11) is -2.10. The van der Waals surface area contributed by atoms with E-state index in [1.54, 1.807) is 7.05 Å². The molecule has 0 bridgehead atoms. The van der Waals surface area contributed by atoms with Gasteiger partial charge in [-0.2, -0.15) is 0 Å². The van der Waals surface area contributed by atoms with Crippen LogP contribution in [0.5, 0.6) is 0 Å². The van der Waals surface area contributed by atoms with E-state index in [1.807, 2.05) is 0 Å². The Bertz CT molecular complexity index is 607. The number of nitrogens with one attached hydrogen (secondary N) is 1. The van der Waals surface area contributed by atoms with Crippen LogP contribution >= 0.6 is 12.4 Å². The molecule has 0 saturated heterocycles. The molecule has 1 amide bonds. The van der Waals surface area contributed by atoms with Crippen LogP contribution in [-0.4, -0.2) is 31.0 Å². The summed E-state index contributed by atoms with van der Waals surface area (Å²) >= 11 is 0. The van der Waals surface area contributed by atoms with Gasteiger partial charge >= 0.3 is 0 Å². The monoisotopic (exact) mass is 322 g/mol. The molecule has 1 saturated carbocycles. The maximum Gasteiger partial charge on any atom is 0.265 e. The molecule has 1 aromatic heterocycles. The Morgan fingerprint density at radius 2 is 2.10 bits per heavy atom. The summed E-state index contributed by atoms with van der Waals surface area (Å²) in [4.78, 5) is 11.1. The van der Waals surface area contributed by atoms with Crippen LogP contribution in [0.3, 0.4) is 0 Å². The van der Waals surface area contributed by atoms with E-state index in [9.17, 15) is 13.2 Å². The highest BCUT2D eigenvalue weighted by atomic mass is 35.5. The molecule has 9 heteroatoms. The van der Waals surface area contributed by atoms with Crippen LogP contribution in [0.25, 0.3) is 0 Å². The molecule has 7 nitrogen and oxygen atoms in total. The van der Waals surface area contributed by atoms with Crippen molar-refractivity contribution in [2.75, 3.05) is 6.54 Å². The maximum absolute atomic E-state index is 12.1. The van der Waals surface area contributed by atoms with Crippen molar-refractivity contribution in [3.05, 3.63) is 18.0 Å². The molecule has 5 N–H and O–H groups in total. The lowest BCUT2D eigenvalue weighted by Crippen LogP contribution is -2.54. The van der Waals surface area contributed by atoms with Gasteiger partial charge in [0.25, 0.3) is 5.91 Å². The molecular weight excluding hydrogens is 304 g/mol. The third kappa shape index (κ3) is 3.32. The van der Waals surface area contributed by atoms with E-state index in [2.05, 4.69) is 4.72 Å². The number of sulfonamides is 1. The first-order valence-corrected chi connectivity index (χ1v) is 7.47. The largest absolute Gasteiger partial charge is 0.364 e. The molecule has 114 valence electrons. The summed E-state index contributed by atoms with van der Waals surface area (Å²) in [5.74, 6) is -0.668. The van der Waals surface area contributed by atoms with Crippen LogP contribution in [0.4, 0.5) is 0 Å². The molecule has 1 heterocycles. The second kappa shape index (κ2) is 5.72. The highest BCUT2D eigenvalue weighted by Crippen LogP contribution is 2.28. The van der Waals surface area contributed by atoms with Gasteiger partial charge in [0.1, 0.15) is 10.6 Å². The Kier molecular flexibility index (Phi) is 4.86. The Morgan fingerprint density at radius 1 is 1.50 bits per heavy atom. The molecule has 1 fully saturated rings. The molecule has 0 atom stereocenters. The number of carbonyl (C=O) groups excluding carboxylic acids is 1. The van der Waals surface area contributed by atoms with Gasteiger partial charge in [0.05, 0.1) is 0 Å². The predicted octanol–water partition coefficient (Wildman–Crippen LogP) is -0.294. The molecule has 20 heavy (non-hydrogen) atoms. The first-order chi connectivity index (χ1) is 8.73. The Morgan fingerprint density at radius 3 is 2.50 bits per heavy atom. The summed E-state index contributed by atoms with van der Waals surface area (Å²) in [6.07, 6.45) is 4.01. The highest BCUT2D eigenvalue weighted by Gasteiger charge is 2.34. The van der Waals surface area contributed by atoms with Gasteiger partial charge in [-0.15, -0.1) is 12.4 Å². The van der Waals surface area contributed by atoms with Gasteiger partial charge in [-0.3, -0.25) is 4.79 Å². The SMILES string of the molecule is Cl.Cn1cc(S(=O)(=O)NCC2(N)CCC2)cc1C(N)=O. The third-order valence-corrected chi connectivity index (χ3v) is 4.87. The zero-order valence-corrected chi connectivity index (χ0v) is 12.8. The lowest BCUT2D eigenvalue weighted by atomic mass is 9.78. The standard InChI is InChI=1S/C11H18N4O3S.ClH/c1-15-6-8(5-9(15)10(12)16)19(17,18)14-7-11(13)3-2-4-11;/h5-6,14H,2-4,7,13H2,1H3,(H2,12,16);1H. The normalized spacial score (nSPS) is 17.1. The Balaban J connectivity index is 0.00000200. The number of carbonyl (C=O) groups is 1. The number of hydrogen-bond donors (Lipinski definition) is 3. The van der Waals surface area contributed by atoms with Crippen molar-refractivity contribution >= 4 is 28.3 Å². The van der Waals surface area contributed by atoms with E-state index in [-0.39, 0.29) is 29.5 Å². The molecule has 2 rings (SSSR count). The minimum atomic E-state index is -3.66. The molecule has 1 aliphatic carbocycles. The quantitative estimate of drug-likeness (QED) is 0.689. The molecule has 0 aromatic carbocycles. The molecule has 1 aromatic rings. The van der Waals surface area contributed by atoms with Crippen molar-refractivity contribution in [1.82, 2.24) is 9.29 Å². The number of aromatic nitrogens is 1. The van der Waals surface area contributed by atoms with Gasteiger partial charge < -0.3 is 16.0 Å². The van der Waals surface area contributed by atoms with Crippen LogP contribution in [-0.2, 0) is 17.1 Å². The van der Waals surface area contributed by atoms with Crippen LogP contribution in [0.15, 0.2) is 17.2 Å². The summed E-state index contributed by atoms with van der Waals surface area (Å²) in [5, 5.41) is 0. The summed E-state index contributed by atoms with van der Waals surface area (Å²) in [5.41, 5.74) is 10.8. The Labute approximate surface area is 124 Å². The van der Waals surface area contributed by atoms with Crippen molar-refractivity contribution < 1.29 is 13.2 Å². The second-order valence-corrected chi connectivity index (χ2v) is 6.84. The number of amides is 1. The van der Waals surface area contributed by atoms with Gasteiger partial charge in [0.2, 0.25) is 10.0 Å². The van der Waals surface area contributed by atoms with Crippen molar-refractivity contribution in [3.63, 3.8) is 0 Å². The number of halogens is 1. The van der Waals surface area contributed by atoms with Gasteiger partial charge in [-0.05, 0) is 25.3 Å². The summed E-state index contributed by atoms with van der Waals surface area (Å²) < 4.78 is 28.0.